The summed E-state index contributed by atoms with van der Waals surface area (Å²) < 4.78 is 4.89. The van der Waals surface area contributed by atoms with Crippen molar-refractivity contribution >= 4 is 29.4 Å². The van der Waals surface area contributed by atoms with Crippen molar-refractivity contribution in [3.8, 4) is 0 Å². The van der Waals surface area contributed by atoms with Gasteiger partial charge in [-0.2, -0.15) is 0 Å². The van der Waals surface area contributed by atoms with E-state index in [1.54, 1.807) is 41.0 Å². The average Bonchev–Trinajstić information content (AvgIpc) is 2.62. The van der Waals surface area contributed by atoms with Crippen LogP contribution in [0.1, 0.15) is 30.6 Å². The zero-order valence-electron chi connectivity index (χ0n) is 15.0. The Morgan fingerprint density at radius 1 is 1.00 bits per heavy atom. The van der Waals surface area contributed by atoms with Crippen LogP contribution in [-0.2, 0) is 19.1 Å². The Bertz CT molecular complexity index is 679. The zero-order chi connectivity index (χ0) is 19.1. The second kappa shape index (κ2) is 8.98. The van der Waals surface area contributed by atoms with Crippen molar-refractivity contribution < 1.29 is 23.9 Å². The van der Waals surface area contributed by atoms with Gasteiger partial charge in [0.1, 0.15) is 6.42 Å². The summed E-state index contributed by atoms with van der Waals surface area (Å²) >= 11 is 0. The Hall–Kier alpha value is -2.90. The van der Waals surface area contributed by atoms with E-state index in [0.29, 0.717) is 44.0 Å². The minimum absolute atomic E-state index is 0.0129. The summed E-state index contributed by atoms with van der Waals surface area (Å²) in [6.45, 7) is 5.34. The molecule has 1 aromatic carbocycles. The molecule has 1 aromatic rings. The van der Waals surface area contributed by atoms with Gasteiger partial charge in [-0.15, -0.1) is 0 Å². The van der Waals surface area contributed by atoms with E-state index in [1.165, 1.54) is 6.92 Å². The SMILES string of the molecule is CCOC(=O)c1ccc(NC(=O)CC(=O)N2CCN(C(C)=O)CC2)cc1. The van der Waals surface area contributed by atoms with Gasteiger partial charge < -0.3 is 19.9 Å². The molecule has 26 heavy (non-hydrogen) atoms. The molecule has 8 nitrogen and oxygen atoms in total. The Morgan fingerprint density at radius 2 is 1.58 bits per heavy atom. The van der Waals surface area contributed by atoms with Crippen molar-refractivity contribution in [2.45, 2.75) is 20.3 Å². The number of ether oxygens (including phenoxy) is 1. The summed E-state index contributed by atoms with van der Waals surface area (Å²) in [7, 11) is 0. The van der Waals surface area contributed by atoms with Gasteiger partial charge in [0.2, 0.25) is 17.7 Å². The topological polar surface area (TPSA) is 96.0 Å². The third kappa shape index (κ3) is 5.30. The van der Waals surface area contributed by atoms with Crippen molar-refractivity contribution in [1.82, 2.24) is 9.80 Å². The smallest absolute Gasteiger partial charge is 0.338 e. The Morgan fingerprint density at radius 3 is 2.12 bits per heavy atom. The molecule has 0 aliphatic carbocycles. The molecule has 1 heterocycles. The molecule has 3 amide bonds. The van der Waals surface area contributed by atoms with Crippen LogP contribution in [0.4, 0.5) is 5.69 Å². The van der Waals surface area contributed by atoms with Gasteiger partial charge >= 0.3 is 5.97 Å². The van der Waals surface area contributed by atoms with Gasteiger partial charge in [-0.25, -0.2) is 4.79 Å². The maximum Gasteiger partial charge on any atom is 0.338 e. The molecule has 0 radical (unpaired) electrons. The molecule has 0 aromatic heterocycles. The molecule has 140 valence electrons. The lowest BCUT2D eigenvalue weighted by molar-refractivity contribution is -0.140. The minimum atomic E-state index is -0.426. The van der Waals surface area contributed by atoms with E-state index in [1.807, 2.05) is 0 Å². The maximum absolute atomic E-state index is 12.2. The molecule has 2 rings (SSSR count). The van der Waals surface area contributed by atoms with Crippen LogP contribution >= 0.6 is 0 Å². The fourth-order valence-corrected chi connectivity index (χ4v) is 2.63. The molecule has 0 atom stereocenters. The van der Waals surface area contributed by atoms with Crippen LogP contribution in [-0.4, -0.2) is 66.3 Å². The third-order valence-electron chi connectivity index (χ3n) is 4.07. The van der Waals surface area contributed by atoms with E-state index in [2.05, 4.69) is 5.32 Å². The number of anilines is 1. The Labute approximate surface area is 152 Å². The summed E-state index contributed by atoms with van der Waals surface area (Å²) in [6.07, 6.45) is -0.264. The van der Waals surface area contributed by atoms with E-state index >= 15 is 0 Å². The van der Waals surface area contributed by atoms with Gasteiger partial charge in [0.15, 0.2) is 0 Å². The highest BCUT2D eigenvalue weighted by Gasteiger charge is 2.23. The van der Waals surface area contributed by atoms with Crippen LogP contribution in [0.3, 0.4) is 0 Å². The van der Waals surface area contributed by atoms with Crippen LogP contribution in [0.5, 0.6) is 0 Å². The highest BCUT2D eigenvalue weighted by atomic mass is 16.5. The molecule has 0 bridgehead atoms. The zero-order valence-corrected chi connectivity index (χ0v) is 15.0. The number of hydrogen-bond donors (Lipinski definition) is 1. The van der Waals surface area contributed by atoms with E-state index in [-0.39, 0.29) is 18.2 Å². The Kier molecular flexibility index (Phi) is 6.71. The number of piperazine rings is 1. The molecular weight excluding hydrogens is 338 g/mol. The van der Waals surface area contributed by atoms with Gasteiger partial charge in [0, 0.05) is 38.8 Å². The molecule has 1 aliphatic heterocycles. The second-order valence-electron chi connectivity index (χ2n) is 5.91. The van der Waals surface area contributed by atoms with Gasteiger partial charge in [-0.3, -0.25) is 14.4 Å². The van der Waals surface area contributed by atoms with E-state index < -0.39 is 11.9 Å². The van der Waals surface area contributed by atoms with Gasteiger partial charge in [-0.05, 0) is 31.2 Å². The van der Waals surface area contributed by atoms with E-state index in [9.17, 15) is 19.2 Å². The molecule has 0 spiro atoms. The van der Waals surface area contributed by atoms with Gasteiger partial charge in [0.25, 0.3) is 0 Å². The predicted octanol–water partition coefficient (Wildman–Crippen LogP) is 0.883. The first-order chi connectivity index (χ1) is 12.4. The largest absolute Gasteiger partial charge is 0.462 e. The quantitative estimate of drug-likeness (QED) is 0.620. The lowest BCUT2D eigenvalue weighted by atomic mass is 10.2. The fourth-order valence-electron chi connectivity index (χ4n) is 2.63. The normalized spacial score (nSPS) is 13.9. The van der Waals surface area contributed by atoms with Crippen molar-refractivity contribution in [1.29, 1.82) is 0 Å². The summed E-state index contributed by atoms with van der Waals surface area (Å²) in [4.78, 5) is 50.4. The second-order valence-corrected chi connectivity index (χ2v) is 5.91. The number of benzene rings is 1. The molecule has 8 heteroatoms. The van der Waals surface area contributed by atoms with Crippen molar-refractivity contribution in [3.05, 3.63) is 29.8 Å². The molecular formula is C18H23N3O5. The van der Waals surface area contributed by atoms with Crippen molar-refractivity contribution in [2.24, 2.45) is 0 Å². The first-order valence-corrected chi connectivity index (χ1v) is 8.51. The van der Waals surface area contributed by atoms with E-state index in [0.717, 1.165) is 0 Å². The minimum Gasteiger partial charge on any atom is -0.462 e. The number of hydrogen-bond acceptors (Lipinski definition) is 5. The first-order valence-electron chi connectivity index (χ1n) is 8.51. The van der Waals surface area contributed by atoms with Gasteiger partial charge in [-0.1, -0.05) is 0 Å². The van der Waals surface area contributed by atoms with Gasteiger partial charge in [0.05, 0.1) is 12.2 Å². The summed E-state index contributed by atoms with van der Waals surface area (Å²) in [5.74, 6) is -1.13. The van der Waals surface area contributed by atoms with Crippen molar-refractivity contribution in [2.75, 3.05) is 38.1 Å². The number of amides is 3. The van der Waals surface area contributed by atoms with Crippen molar-refractivity contribution in [3.63, 3.8) is 0 Å². The number of nitrogens with zero attached hydrogens (tertiary/aromatic N) is 2. The van der Waals surface area contributed by atoms with Crippen LogP contribution in [0, 0.1) is 0 Å². The Balaban J connectivity index is 1.82. The predicted molar refractivity (Wildman–Crippen MR) is 94.5 cm³/mol. The molecule has 1 fully saturated rings. The fraction of sp³-hybridized carbons (Fsp3) is 0.444. The standard InChI is InChI=1S/C18H23N3O5/c1-3-26-18(25)14-4-6-15(7-5-14)19-16(23)12-17(24)21-10-8-20(9-11-21)13(2)22/h4-7H,3,8-12H2,1-2H3,(H,19,23). The number of carbonyl (C=O) groups excluding carboxylic acids is 4. The van der Waals surface area contributed by atoms with Crippen LogP contribution in [0.15, 0.2) is 24.3 Å². The van der Waals surface area contributed by atoms with Crippen LogP contribution in [0.2, 0.25) is 0 Å². The molecule has 1 aliphatic rings. The molecule has 0 saturated carbocycles. The number of rotatable bonds is 5. The highest BCUT2D eigenvalue weighted by molar-refractivity contribution is 6.03. The molecule has 0 unspecified atom stereocenters. The number of esters is 1. The highest BCUT2D eigenvalue weighted by Crippen LogP contribution is 2.12. The summed E-state index contributed by atoms with van der Waals surface area (Å²) in [5.41, 5.74) is 0.890. The summed E-state index contributed by atoms with van der Waals surface area (Å²) in [6, 6.07) is 6.27. The summed E-state index contributed by atoms with van der Waals surface area (Å²) in [5, 5.41) is 2.63. The number of nitrogens with one attached hydrogen (secondary N) is 1. The third-order valence-corrected chi connectivity index (χ3v) is 4.07. The van der Waals surface area contributed by atoms with Crippen LogP contribution < -0.4 is 5.32 Å². The molecule has 1 saturated heterocycles. The number of carbonyl (C=O) groups is 4. The lowest BCUT2D eigenvalue weighted by Crippen LogP contribution is -2.50. The first kappa shape index (κ1) is 19.4. The van der Waals surface area contributed by atoms with Crippen LogP contribution in [0.25, 0.3) is 0 Å². The average molecular weight is 361 g/mol. The lowest BCUT2D eigenvalue weighted by Gasteiger charge is -2.34. The molecule has 1 N–H and O–H groups in total. The van der Waals surface area contributed by atoms with E-state index in [4.69, 9.17) is 4.74 Å². The monoisotopic (exact) mass is 361 g/mol. The maximum atomic E-state index is 12.2.